The normalized spacial score (nSPS) is 11.8. The van der Waals surface area contributed by atoms with Crippen molar-refractivity contribution < 1.29 is 36.6 Å². The Balaban J connectivity index is 1.60. The average Bonchev–Trinajstić information content (AvgIpc) is 2.83. The van der Waals surface area contributed by atoms with Gasteiger partial charge < -0.3 is 25.4 Å². The van der Waals surface area contributed by atoms with Crippen LogP contribution in [0.4, 0.5) is 34.8 Å². The first-order chi connectivity index (χ1) is 17.9. The summed E-state index contributed by atoms with van der Waals surface area (Å²) in [6.45, 7) is 1.86. The van der Waals surface area contributed by atoms with E-state index in [2.05, 4.69) is 25.9 Å². The molecule has 0 atom stereocenters. The minimum absolute atomic E-state index is 0.156. The Morgan fingerprint density at radius 2 is 1.66 bits per heavy atom. The first-order valence-electron chi connectivity index (χ1n) is 11.5. The van der Waals surface area contributed by atoms with Crippen molar-refractivity contribution >= 4 is 39.9 Å². The number of ether oxygens (including phenoxy) is 2. The van der Waals surface area contributed by atoms with Crippen LogP contribution in [-0.4, -0.2) is 54.8 Å². The Morgan fingerprint density at radius 1 is 0.974 bits per heavy atom. The number of nitrogens with zero attached hydrogens (tertiary/aromatic N) is 2. The van der Waals surface area contributed by atoms with Crippen molar-refractivity contribution in [3.63, 3.8) is 0 Å². The maximum absolute atomic E-state index is 14.8. The summed E-state index contributed by atoms with van der Waals surface area (Å²) in [6.07, 6.45) is -3.86. The molecule has 3 rings (SSSR count). The highest BCUT2D eigenvalue weighted by atomic mass is 19.4. The van der Waals surface area contributed by atoms with E-state index in [0.717, 1.165) is 13.8 Å². The number of hydrogen-bond acceptors (Lipinski definition) is 7. The van der Waals surface area contributed by atoms with Crippen molar-refractivity contribution in [2.75, 3.05) is 37.5 Å². The molecule has 1 heterocycles. The van der Waals surface area contributed by atoms with E-state index >= 15 is 0 Å². The SMILES string of the molecule is COCCOc1cc(F)c2c(Nc3ccc(NC(=O)CC(=O)NCC(C)(C)C(F)(F)F)cc3)ncnc2c1. The van der Waals surface area contributed by atoms with Crippen LogP contribution in [-0.2, 0) is 14.3 Å². The number of hydrogen-bond donors (Lipinski definition) is 3. The fourth-order valence-electron chi connectivity index (χ4n) is 3.15. The summed E-state index contributed by atoms with van der Waals surface area (Å²) in [5.74, 6) is -1.59. The number of methoxy groups -OCH3 is 1. The van der Waals surface area contributed by atoms with E-state index in [9.17, 15) is 27.2 Å². The second-order valence-electron chi connectivity index (χ2n) is 8.95. The Kier molecular flexibility index (Phi) is 9.04. The summed E-state index contributed by atoms with van der Waals surface area (Å²) in [5.41, 5.74) is -0.925. The third kappa shape index (κ3) is 7.51. The second kappa shape index (κ2) is 12.0. The van der Waals surface area contributed by atoms with E-state index in [1.54, 1.807) is 18.2 Å². The minimum atomic E-state index is -4.50. The molecule has 0 bridgehead atoms. The van der Waals surface area contributed by atoms with Crippen LogP contribution in [0.2, 0.25) is 0 Å². The summed E-state index contributed by atoms with van der Waals surface area (Å²) >= 11 is 0. The Labute approximate surface area is 215 Å². The monoisotopic (exact) mass is 537 g/mol. The lowest BCUT2D eigenvalue weighted by molar-refractivity contribution is -0.209. The van der Waals surface area contributed by atoms with Crippen LogP contribution in [0.1, 0.15) is 20.3 Å². The highest BCUT2D eigenvalue weighted by Gasteiger charge is 2.47. The predicted octanol–water partition coefficient (Wildman–Crippen LogP) is 4.57. The molecule has 3 N–H and O–H groups in total. The number of benzene rings is 2. The Morgan fingerprint density at radius 3 is 2.32 bits per heavy atom. The van der Waals surface area contributed by atoms with Crippen molar-refractivity contribution in [3.8, 4) is 5.75 Å². The molecule has 2 aromatic carbocycles. The first kappa shape index (κ1) is 28.6. The quantitative estimate of drug-likeness (QED) is 0.187. The first-order valence-corrected chi connectivity index (χ1v) is 11.5. The molecule has 2 amide bonds. The molecule has 0 aliphatic carbocycles. The summed E-state index contributed by atoms with van der Waals surface area (Å²) in [6, 6.07) is 9.06. The van der Waals surface area contributed by atoms with E-state index in [1.807, 2.05) is 0 Å². The molecule has 0 aliphatic rings. The van der Waals surface area contributed by atoms with Crippen LogP contribution < -0.4 is 20.7 Å². The number of anilines is 3. The summed E-state index contributed by atoms with van der Waals surface area (Å²) in [7, 11) is 1.53. The number of nitrogens with one attached hydrogen (secondary N) is 3. The van der Waals surface area contributed by atoms with Gasteiger partial charge in [-0.1, -0.05) is 0 Å². The molecular formula is C25H27F4N5O4. The maximum Gasteiger partial charge on any atom is 0.395 e. The zero-order chi connectivity index (χ0) is 27.9. The van der Waals surface area contributed by atoms with Gasteiger partial charge >= 0.3 is 6.18 Å². The maximum atomic E-state index is 14.8. The fourth-order valence-corrected chi connectivity index (χ4v) is 3.15. The lowest BCUT2D eigenvalue weighted by Gasteiger charge is -2.27. The standard InChI is InChI=1S/C25H27F4N5O4/c1-24(2,25(27,28)29)13-30-20(35)12-21(36)33-15-4-6-16(7-5-15)34-23-22-18(26)10-17(38-9-8-37-3)11-19(22)31-14-32-23/h4-7,10-11,14H,8-9,12-13H2,1-3H3,(H,30,35)(H,33,36)(H,31,32,34). The number of rotatable bonds is 11. The van der Waals surface area contributed by atoms with E-state index in [-0.39, 0.29) is 17.8 Å². The van der Waals surface area contributed by atoms with Gasteiger partial charge in [-0.3, -0.25) is 9.59 Å². The zero-order valence-corrected chi connectivity index (χ0v) is 20.9. The van der Waals surface area contributed by atoms with E-state index in [1.165, 1.54) is 31.6 Å². The lowest BCUT2D eigenvalue weighted by Crippen LogP contribution is -2.43. The number of aromatic nitrogens is 2. The summed E-state index contributed by atoms with van der Waals surface area (Å²) in [4.78, 5) is 32.2. The number of fused-ring (bicyclic) bond motifs is 1. The molecule has 0 saturated heterocycles. The van der Waals surface area contributed by atoms with Crippen molar-refractivity contribution in [1.29, 1.82) is 0 Å². The van der Waals surface area contributed by atoms with Crippen molar-refractivity contribution in [2.24, 2.45) is 5.41 Å². The molecule has 13 heteroatoms. The Bertz CT molecular complexity index is 1280. The molecule has 0 aliphatic heterocycles. The number of alkyl halides is 3. The van der Waals surface area contributed by atoms with Crippen molar-refractivity contribution in [1.82, 2.24) is 15.3 Å². The van der Waals surface area contributed by atoms with Gasteiger partial charge in [0.15, 0.2) is 0 Å². The minimum Gasteiger partial charge on any atom is -0.491 e. The van der Waals surface area contributed by atoms with Gasteiger partial charge in [0.2, 0.25) is 11.8 Å². The zero-order valence-electron chi connectivity index (χ0n) is 20.9. The van der Waals surface area contributed by atoms with Crippen LogP contribution in [0, 0.1) is 11.2 Å². The smallest absolute Gasteiger partial charge is 0.395 e. The van der Waals surface area contributed by atoms with Gasteiger partial charge in [-0.25, -0.2) is 14.4 Å². The number of amides is 2. The van der Waals surface area contributed by atoms with Gasteiger partial charge in [-0.2, -0.15) is 13.2 Å². The molecular weight excluding hydrogens is 510 g/mol. The van der Waals surface area contributed by atoms with Gasteiger partial charge in [0.25, 0.3) is 0 Å². The number of carbonyl (C=O) groups excluding carboxylic acids is 2. The second-order valence-corrected chi connectivity index (χ2v) is 8.95. The molecule has 0 fully saturated rings. The molecule has 9 nitrogen and oxygen atoms in total. The van der Waals surface area contributed by atoms with Gasteiger partial charge in [-0.05, 0) is 38.1 Å². The largest absolute Gasteiger partial charge is 0.491 e. The van der Waals surface area contributed by atoms with Crippen LogP contribution in [0.3, 0.4) is 0 Å². The summed E-state index contributed by atoms with van der Waals surface area (Å²) < 4.78 is 63.9. The highest BCUT2D eigenvalue weighted by Crippen LogP contribution is 2.36. The molecule has 204 valence electrons. The lowest BCUT2D eigenvalue weighted by atomic mass is 9.93. The van der Waals surface area contributed by atoms with Crippen molar-refractivity contribution in [2.45, 2.75) is 26.4 Å². The van der Waals surface area contributed by atoms with Gasteiger partial charge in [0.05, 0.1) is 22.9 Å². The van der Waals surface area contributed by atoms with Gasteiger partial charge in [-0.15, -0.1) is 0 Å². The predicted molar refractivity (Wildman–Crippen MR) is 133 cm³/mol. The van der Waals surface area contributed by atoms with Crippen LogP contribution in [0.15, 0.2) is 42.7 Å². The van der Waals surface area contributed by atoms with Crippen LogP contribution in [0.25, 0.3) is 10.9 Å². The van der Waals surface area contributed by atoms with E-state index in [4.69, 9.17) is 9.47 Å². The molecule has 0 spiro atoms. The average molecular weight is 538 g/mol. The molecule has 0 unspecified atom stereocenters. The van der Waals surface area contributed by atoms with Gasteiger partial charge in [0, 0.05) is 37.2 Å². The molecule has 0 radical (unpaired) electrons. The molecule has 1 aromatic heterocycles. The number of carbonyl (C=O) groups is 2. The highest BCUT2D eigenvalue weighted by molar-refractivity contribution is 6.03. The molecule has 3 aromatic rings. The summed E-state index contributed by atoms with van der Waals surface area (Å²) in [5, 5.41) is 7.78. The van der Waals surface area contributed by atoms with Crippen LogP contribution >= 0.6 is 0 Å². The van der Waals surface area contributed by atoms with Crippen LogP contribution in [0.5, 0.6) is 5.75 Å². The Hall–Kier alpha value is -4.00. The fraction of sp³-hybridized carbons (Fsp3) is 0.360. The third-order valence-corrected chi connectivity index (χ3v) is 5.47. The number of halogens is 4. The van der Waals surface area contributed by atoms with E-state index < -0.39 is 42.2 Å². The topological polar surface area (TPSA) is 114 Å². The molecule has 38 heavy (non-hydrogen) atoms. The molecule has 0 saturated carbocycles. The third-order valence-electron chi connectivity index (χ3n) is 5.47. The van der Waals surface area contributed by atoms with E-state index in [0.29, 0.717) is 29.2 Å². The van der Waals surface area contributed by atoms with Crippen molar-refractivity contribution in [3.05, 3.63) is 48.5 Å². The van der Waals surface area contributed by atoms with Gasteiger partial charge in [0.1, 0.15) is 36.7 Å².